The molecule has 0 radical (unpaired) electrons. The van der Waals surface area contributed by atoms with Crippen LogP contribution >= 0.6 is 0 Å². The van der Waals surface area contributed by atoms with Crippen molar-refractivity contribution >= 4 is 11.9 Å². The van der Waals surface area contributed by atoms with E-state index in [1.165, 1.54) is 0 Å². The second-order valence-electron chi connectivity index (χ2n) is 5.84. The van der Waals surface area contributed by atoms with E-state index in [4.69, 9.17) is 0 Å². The molecule has 1 fully saturated rings. The van der Waals surface area contributed by atoms with Crippen LogP contribution in [0.3, 0.4) is 0 Å². The van der Waals surface area contributed by atoms with Gasteiger partial charge in [0.25, 0.3) is 5.91 Å². The number of piperidine rings is 1. The fraction of sp³-hybridized carbons (Fsp3) is 0.500. The first-order chi connectivity index (χ1) is 9.82. The van der Waals surface area contributed by atoms with E-state index in [1.807, 2.05) is 6.92 Å². The molecule has 0 aliphatic carbocycles. The quantitative estimate of drug-likeness (QED) is 0.871. The van der Waals surface area contributed by atoms with Gasteiger partial charge in [0.15, 0.2) is 0 Å². The SMILES string of the molecule is Cc1ccc(C)c(C(=O)N2CCC(C)C(O)C2)c1C(=O)O. The minimum Gasteiger partial charge on any atom is -0.478 e. The molecule has 2 unspecified atom stereocenters. The number of nitrogens with zero attached hydrogens (tertiary/aromatic N) is 1. The third kappa shape index (κ3) is 2.93. The number of aryl methyl sites for hydroxylation is 2. The summed E-state index contributed by atoms with van der Waals surface area (Å²) in [6, 6.07) is 3.47. The number of amides is 1. The number of carbonyl (C=O) groups excluding carboxylic acids is 1. The lowest BCUT2D eigenvalue weighted by molar-refractivity contribution is 0.0246. The van der Waals surface area contributed by atoms with Gasteiger partial charge < -0.3 is 15.1 Å². The van der Waals surface area contributed by atoms with Crippen molar-refractivity contribution in [2.24, 2.45) is 5.92 Å². The van der Waals surface area contributed by atoms with Gasteiger partial charge in [-0.3, -0.25) is 4.79 Å². The molecule has 1 aromatic carbocycles. The Morgan fingerprint density at radius 1 is 1.19 bits per heavy atom. The smallest absolute Gasteiger partial charge is 0.336 e. The number of likely N-dealkylation sites (tertiary alicyclic amines) is 1. The van der Waals surface area contributed by atoms with Crippen molar-refractivity contribution < 1.29 is 19.8 Å². The molecule has 1 aliphatic heterocycles. The Morgan fingerprint density at radius 3 is 2.29 bits per heavy atom. The number of hydrogen-bond donors (Lipinski definition) is 2. The molecule has 114 valence electrons. The summed E-state index contributed by atoms with van der Waals surface area (Å²) in [6.07, 6.45) is 0.168. The average molecular weight is 291 g/mol. The van der Waals surface area contributed by atoms with Crippen molar-refractivity contribution in [1.29, 1.82) is 0 Å². The van der Waals surface area contributed by atoms with Gasteiger partial charge in [-0.05, 0) is 37.3 Å². The molecule has 2 atom stereocenters. The fourth-order valence-corrected chi connectivity index (χ4v) is 2.75. The molecule has 0 bridgehead atoms. The molecule has 1 aliphatic rings. The molecule has 0 aromatic heterocycles. The van der Waals surface area contributed by atoms with Crippen LogP contribution in [-0.2, 0) is 0 Å². The van der Waals surface area contributed by atoms with Gasteiger partial charge in [-0.1, -0.05) is 19.1 Å². The van der Waals surface area contributed by atoms with Crippen molar-refractivity contribution in [3.8, 4) is 0 Å². The average Bonchev–Trinajstić information content (AvgIpc) is 2.43. The molecule has 2 N–H and O–H groups in total. The molecule has 1 heterocycles. The van der Waals surface area contributed by atoms with Gasteiger partial charge >= 0.3 is 5.97 Å². The number of aliphatic hydroxyl groups is 1. The van der Waals surface area contributed by atoms with Crippen LogP contribution in [0.5, 0.6) is 0 Å². The van der Waals surface area contributed by atoms with Crippen LogP contribution in [0.2, 0.25) is 0 Å². The number of aromatic carboxylic acids is 1. The Labute approximate surface area is 124 Å². The molecule has 21 heavy (non-hydrogen) atoms. The fourth-order valence-electron chi connectivity index (χ4n) is 2.75. The van der Waals surface area contributed by atoms with Crippen molar-refractivity contribution in [1.82, 2.24) is 4.90 Å². The molecule has 5 nitrogen and oxygen atoms in total. The Hall–Kier alpha value is -1.88. The van der Waals surface area contributed by atoms with Crippen LogP contribution in [-0.4, -0.2) is 46.2 Å². The van der Waals surface area contributed by atoms with E-state index < -0.39 is 12.1 Å². The summed E-state index contributed by atoms with van der Waals surface area (Å²) in [6.45, 7) is 6.18. The normalized spacial score (nSPS) is 22.2. The van der Waals surface area contributed by atoms with E-state index in [9.17, 15) is 19.8 Å². The van der Waals surface area contributed by atoms with E-state index in [0.29, 0.717) is 17.7 Å². The number of carboxylic acid groups (broad SMARTS) is 1. The molecule has 0 spiro atoms. The highest BCUT2D eigenvalue weighted by Crippen LogP contribution is 2.24. The highest BCUT2D eigenvalue weighted by atomic mass is 16.4. The maximum Gasteiger partial charge on any atom is 0.336 e. The zero-order valence-electron chi connectivity index (χ0n) is 12.6. The second-order valence-corrected chi connectivity index (χ2v) is 5.84. The summed E-state index contributed by atoms with van der Waals surface area (Å²) >= 11 is 0. The topological polar surface area (TPSA) is 77.8 Å². The highest BCUT2D eigenvalue weighted by molar-refractivity contribution is 6.06. The number of aliphatic hydroxyl groups excluding tert-OH is 1. The van der Waals surface area contributed by atoms with Gasteiger partial charge in [0.2, 0.25) is 0 Å². The van der Waals surface area contributed by atoms with Crippen LogP contribution < -0.4 is 0 Å². The van der Waals surface area contributed by atoms with Crippen LogP contribution in [0.1, 0.15) is 45.2 Å². The zero-order chi connectivity index (χ0) is 15.7. The Morgan fingerprint density at radius 2 is 1.76 bits per heavy atom. The molecule has 1 aromatic rings. The standard InChI is InChI=1S/C16H21NO4/c1-9-6-7-17(8-12(9)18)15(19)13-10(2)4-5-11(3)14(13)16(20)21/h4-5,9,12,18H,6-8H2,1-3H3,(H,20,21). The first kappa shape index (κ1) is 15.5. The molecular weight excluding hydrogens is 270 g/mol. The number of carbonyl (C=O) groups is 2. The van der Waals surface area contributed by atoms with Crippen LogP contribution in [0.15, 0.2) is 12.1 Å². The van der Waals surface area contributed by atoms with Gasteiger partial charge in [0, 0.05) is 13.1 Å². The van der Waals surface area contributed by atoms with Crippen LogP contribution in [0, 0.1) is 19.8 Å². The van der Waals surface area contributed by atoms with Gasteiger partial charge in [-0.25, -0.2) is 4.79 Å². The van der Waals surface area contributed by atoms with Crippen molar-refractivity contribution in [3.05, 3.63) is 34.4 Å². The van der Waals surface area contributed by atoms with Gasteiger partial charge in [-0.15, -0.1) is 0 Å². The first-order valence-corrected chi connectivity index (χ1v) is 7.13. The van der Waals surface area contributed by atoms with E-state index in [0.717, 1.165) is 6.42 Å². The van der Waals surface area contributed by atoms with Crippen LogP contribution in [0.4, 0.5) is 0 Å². The molecule has 0 saturated carbocycles. The van der Waals surface area contributed by atoms with Crippen LogP contribution in [0.25, 0.3) is 0 Å². The predicted octanol–water partition coefficient (Wildman–Crippen LogP) is 1.84. The number of carboxylic acids is 1. The molecule has 1 amide bonds. The van der Waals surface area contributed by atoms with Gasteiger partial charge in [-0.2, -0.15) is 0 Å². The Bertz CT molecular complexity index is 582. The monoisotopic (exact) mass is 291 g/mol. The summed E-state index contributed by atoms with van der Waals surface area (Å²) in [7, 11) is 0. The lowest BCUT2D eigenvalue weighted by Gasteiger charge is -2.34. The summed E-state index contributed by atoms with van der Waals surface area (Å²) in [5, 5.41) is 19.3. The maximum absolute atomic E-state index is 12.7. The summed E-state index contributed by atoms with van der Waals surface area (Å²) in [5.74, 6) is -1.24. The van der Waals surface area contributed by atoms with Gasteiger partial charge in [0.05, 0.1) is 17.2 Å². The third-order valence-electron chi connectivity index (χ3n) is 4.26. The largest absolute Gasteiger partial charge is 0.478 e. The van der Waals surface area contributed by atoms with E-state index in [2.05, 4.69) is 0 Å². The Balaban J connectivity index is 2.40. The Kier molecular flexibility index (Phi) is 4.32. The lowest BCUT2D eigenvalue weighted by atomic mass is 9.93. The van der Waals surface area contributed by atoms with Crippen molar-refractivity contribution in [3.63, 3.8) is 0 Å². The summed E-state index contributed by atoms with van der Waals surface area (Å²) < 4.78 is 0. The van der Waals surface area contributed by atoms with E-state index in [1.54, 1.807) is 30.9 Å². The predicted molar refractivity (Wildman–Crippen MR) is 78.6 cm³/mol. The summed E-state index contributed by atoms with van der Waals surface area (Å²) in [5.41, 5.74) is 1.52. The lowest BCUT2D eigenvalue weighted by Crippen LogP contribution is -2.46. The number of benzene rings is 1. The first-order valence-electron chi connectivity index (χ1n) is 7.13. The maximum atomic E-state index is 12.7. The zero-order valence-corrected chi connectivity index (χ0v) is 12.6. The van der Waals surface area contributed by atoms with E-state index >= 15 is 0 Å². The van der Waals surface area contributed by atoms with Gasteiger partial charge in [0.1, 0.15) is 0 Å². The molecule has 2 rings (SSSR count). The van der Waals surface area contributed by atoms with Crippen molar-refractivity contribution in [2.45, 2.75) is 33.3 Å². The van der Waals surface area contributed by atoms with E-state index in [-0.39, 0.29) is 29.5 Å². The van der Waals surface area contributed by atoms with Crippen molar-refractivity contribution in [2.75, 3.05) is 13.1 Å². The molecule has 5 heteroatoms. The minimum absolute atomic E-state index is 0.0631. The number of rotatable bonds is 2. The number of β-amino-alcohol motifs (C(OH)–C–C–N with tert-alkyl or cyclic N) is 1. The second kappa shape index (κ2) is 5.85. The molecular formula is C16H21NO4. The third-order valence-corrected chi connectivity index (χ3v) is 4.26. The number of hydrogen-bond acceptors (Lipinski definition) is 3. The molecule has 1 saturated heterocycles. The highest BCUT2D eigenvalue weighted by Gasteiger charge is 2.31. The minimum atomic E-state index is -1.09. The summed E-state index contributed by atoms with van der Waals surface area (Å²) in [4.78, 5) is 25.7.